The van der Waals surface area contributed by atoms with Gasteiger partial charge in [0.25, 0.3) is 0 Å². The summed E-state index contributed by atoms with van der Waals surface area (Å²) in [6, 6.07) is 7.84. The summed E-state index contributed by atoms with van der Waals surface area (Å²) in [6.45, 7) is 8.72. The molecule has 0 radical (unpaired) electrons. The SMILES string of the molecule is COc1cc2c(cc1Cl)CN(C(=O)OC(C)(C)C)CC2.COc1cc2c(cc1Cl)CNCC2.Cl. The number of hydrogen-bond donors (Lipinski definition) is 1. The third kappa shape index (κ3) is 7.32. The number of nitrogens with one attached hydrogen (secondary N) is 1. The monoisotopic (exact) mass is 530 g/mol. The molecule has 0 spiro atoms. The van der Waals surface area contributed by atoms with E-state index in [1.165, 1.54) is 16.7 Å². The fourth-order valence-electron chi connectivity index (χ4n) is 3.83. The number of amides is 1. The van der Waals surface area contributed by atoms with Gasteiger partial charge in [0, 0.05) is 19.6 Å². The van der Waals surface area contributed by atoms with E-state index >= 15 is 0 Å². The molecule has 1 N–H and O–H groups in total. The minimum Gasteiger partial charge on any atom is -0.495 e. The molecule has 9 heteroatoms. The summed E-state index contributed by atoms with van der Waals surface area (Å²) in [5.74, 6) is 1.46. The Morgan fingerprint density at radius 2 is 1.47 bits per heavy atom. The van der Waals surface area contributed by atoms with Crippen molar-refractivity contribution in [3.05, 3.63) is 56.6 Å². The smallest absolute Gasteiger partial charge is 0.410 e. The van der Waals surface area contributed by atoms with Crippen LogP contribution in [-0.2, 0) is 30.7 Å². The molecule has 0 saturated heterocycles. The molecule has 2 aliphatic rings. The first-order valence-corrected chi connectivity index (χ1v) is 11.8. The molecule has 0 bridgehead atoms. The molecule has 0 aromatic heterocycles. The molecule has 1 amide bonds. The molecule has 34 heavy (non-hydrogen) atoms. The molecule has 0 fully saturated rings. The van der Waals surface area contributed by atoms with E-state index in [4.69, 9.17) is 37.4 Å². The second-order valence-corrected chi connectivity index (χ2v) is 9.90. The fraction of sp³-hybridized carbons (Fsp3) is 0.480. The Hall–Kier alpha value is -1.86. The van der Waals surface area contributed by atoms with Crippen LogP contribution in [0.2, 0.25) is 10.0 Å². The average Bonchev–Trinajstić information content (AvgIpc) is 2.77. The molecular formula is C25H33Cl3N2O4. The lowest BCUT2D eigenvalue weighted by atomic mass is 9.99. The lowest BCUT2D eigenvalue weighted by Gasteiger charge is -2.31. The van der Waals surface area contributed by atoms with Crippen molar-refractivity contribution < 1.29 is 19.0 Å². The lowest BCUT2D eigenvalue weighted by Crippen LogP contribution is -2.39. The van der Waals surface area contributed by atoms with Crippen LogP contribution < -0.4 is 14.8 Å². The van der Waals surface area contributed by atoms with Crippen LogP contribution in [0.25, 0.3) is 0 Å². The normalized spacial score (nSPS) is 14.5. The van der Waals surface area contributed by atoms with Crippen LogP contribution >= 0.6 is 35.6 Å². The molecule has 2 heterocycles. The largest absolute Gasteiger partial charge is 0.495 e. The Balaban J connectivity index is 0.000000253. The van der Waals surface area contributed by atoms with Crippen LogP contribution in [0.4, 0.5) is 4.79 Å². The van der Waals surface area contributed by atoms with Gasteiger partial charge in [-0.15, -0.1) is 12.4 Å². The van der Waals surface area contributed by atoms with E-state index in [0.29, 0.717) is 28.9 Å². The first-order valence-electron chi connectivity index (χ1n) is 11.0. The van der Waals surface area contributed by atoms with Crippen molar-refractivity contribution >= 4 is 41.7 Å². The zero-order valence-corrected chi connectivity index (χ0v) is 22.6. The number of rotatable bonds is 2. The van der Waals surface area contributed by atoms with Gasteiger partial charge < -0.3 is 24.4 Å². The number of fused-ring (bicyclic) bond motifs is 2. The number of halogens is 3. The van der Waals surface area contributed by atoms with Crippen LogP contribution in [0.5, 0.6) is 11.5 Å². The van der Waals surface area contributed by atoms with Gasteiger partial charge in [-0.05, 0) is 86.7 Å². The minimum atomic E-state index is -0.477. The Morgan fingerprint density at radius 3 is 2.03 bits per heavy atom. The van der Waals surface area contributed by atoms with E-state index in [1.807, 2.05) is 45.0 Å². The highest BCUT2D eigenvalue weighted by atomic mass is 35.5. The summed E-state index contributed by atoms with van der Waals surface area (Å²) >= 11 is 12.1. The van der Waals surface area contributed by atoms with E-state index in [9.17, 15) is 4.79 Å². The zero-order chi connectivity index (χ0) is 24.2. The van der Waals surface area contributed by atoms with Gasteiger partial charge in [-0.25, -0.2) is 4.79 Å². The highest BCUT2D eigenvalue weighted by Gasteiger charge is 2.26. The predicted molar refractivity (Wildman–Crippen MR) is 139 cm³/mol. The van der Waals surface area contributed by atoms with E-state index < -0.39 is 5.60 Å². The Bertz CT molecular complexity index is 1010. The predicted octanol–water partition coefficient (Wildman–Crippen LogP) is 6.06. The first-order chi connectivity index (χ1) is 15.6. The molecular weight excluding hydrogens is 499 g/mol. The van der Waals surface area contributed by atoms with Gasteiger partial charge in [0.05, 0.1) is 24.3 Å². The van der Waals surface area contributed by atoms with Crippen LogP contribution in [0.3, 0.4) is 0 Å². The average molecular weight is 532 g/mol. The second kappa shape index (κ2) is 12.2. The van der Waals surface area contributed by atoms with Crippen molar-refractivity contribution in [3.8, 4) is 11.5 Å². The van der Waals surface area contributed by atoms with Crippen LogP contribution in [-0.4, -0.2) is 43.9 Å². The quantitative estimate of drug-likeness (QED) is 0.511. The summed E-state index contributed by atoms with van der Waals surface area (Å²) in [6.07, 6.45) is 1.56. The van der Waals surface area contributed by atoms with Gasteiger partial charge in [-0.1, -0.05) is 23.2 Å². The van der Waals surface area contributed by atoms with E-state index in [1.54, 1.807) is 19.1 Å². The highest BCUT2D eigenvalue weighted by Crippen LogP contribution is 2.32. The molecule has 2 aromatic rings. The summed E-state index contributed by atoms with van der Waals surface area (Å²) < 4.78 is 15.8. The maximum Gasteiger partial charge on any atom is 0.410 e. The maximum absolute atomic E-state index is 12.1. The van der Waals surface area contributed by atoms with Gasteiger partial charge in [0.15, 0.2) is 0 Å². The van der Waals surface area contributed by atoms with Crippen LogP contribution in [0.15, 0.2) is 24.3 Å². The Morgan fingerprint density at radius 1 is 0.912 bits per heavy atom. The Labute approximate surface area is 218 Å². The van der Waals surface area contributed by atoms with Crippen LogP contribution in [0.1, 0.15) is 43.0 Å². The van der Waals surface area contributed by atoms with E-state index in [0.717, 1.165) is 37.2 Å². The molecule has 2 aliphatic heterocycles. The topological polar surface area (TPSA) is 60.0 Å². The molecule has 0 unspecified atom stereocenters. The van der Waals surface area contributed by atoms with Gasteiger partial charge in [-0.3, -0.25) is 0 Å². The number of nitrogens with zero attached hydrogens (tertiary/aromatic N) is 1. The van der Waals surface area contributed by atoms with Gasteiger partial charge in [-0.2, -0.15) is 0 Å². The molecule has 0 atom stereocenters. The zero-order valence-electron chi connectivity index (χ0n) is 20.3. The maximum atomic E-state index is 12.1. The number of ether oxygens (including phenoxy) is 3. The number of carbonyl (C=O) groups is 1. The third-order valence-electron chi connectivity index (χ3n) is 5.50. The van der Waals surface area contributed by atoms with Crippen molar-refractivity contribution in [1.82, 2.24) is 10.2 Å². The first kappa shape index (κ1) is 28.4. The van der Waals surface area contributed by atoms with Crippen molar-refractivity contribution in [3.63, 3.8) is 0 Å². The number of carbonyl (C=O) groups excluding carboxylic acids is 1. The van der Waals surface area contributed by atoms with Crippen molar-refractivity contribution in [2.75, 3.05) is 27.3 Å². The molecule has 4 rings (SSSR count). The highest BCUT2D eigenvalue weighted by molar-refractivity contribution is 6.32. The van der Waals surface area contributed by atoms with E-state index in [2.05, 4.69) is 5.32 Å². The number of methoxy groups -OCH3 is 2. The Kier molecular flexibility index (Phi) is 10.2. The molecule has 0 saturated carbocycles. The minimum absolute atomic E-state index is 0. The van der Waals surface area contributed by atoms with Gasteiger partial charge >= 0.3 is 6.09 Å². The molecule has 188 valence electrons. The number of benzene rings is 2. The molecule has 6 nitrogen and oxygen atoms in total. The fourth-order valence-corrected chi connectivity index (χ4v) is 4.36. The summed E-state index contributed by atoms with van der Waals surface area (Å²) in [4.78, 5) is 13.8. The van der Waals surface area contributed by atoms with Crippen molar-refractivity contribution in [1.29, 1.82) is 0 Å². The lowest BCUT2D eigenvalue weighted by molar-refractivity contribution is 0.0224. The molecule has 2 aromatic carbocycles. The summed E-state index contributed by atoms with van der Waals surface area (Å²) in [5.41, 5.74) is 4.38. The van der Waals surface area contributed by atoms with Crippen molar-refractivity contribution in [2.24, 2.45) is 0 Å². The number of hydrogen-bond acceptors (Lipinski definition) is 5. The second-order valence-electron chi connectivity index (χ2n) is 9.09. The van der Waals surface area contributed by atoms with E-state index in [-0.39, 0.29) is 18.5 Å². The van der Waals surface area contributed by atoms with Gasteiger partial charge in [0.2, 0.25) is 0 Å². The third-order valence-corrected chi connectivity index (χ3v) is 6.09. The van der Waals surface area contributed by atoms with Crippen LogP contribution in [0, 0.1) is 0 Å². The summed E-state index contributed by atoms with van der Waals surface area (Å²) in [5, 5.41) is 4.57. The standard InChI is InChI=1S/C15H20ClNO3.C10H12ClNO.ClH/c1-15(2,3)20-14(18)17-6-5-10-8-13(19-4)12(16)7-11(10)9-17;1-13-10-5-7-2-3-12-6-8(7)4-9(10)11;/h7-8H,5-6,9H2,1-4H3;4-5,12H,2-3,6H2,1H3;1H. The summed E-state index contributed by atoms with van der Waals surface area (Å²) in [7, 11) is 3.25. The van der Waals surface area contributed by atoms with Gasteiger partial charge in [0.1, 0.15) is 17.1 Å². The molecule has 0 aliphatic carbocycles. The van der Waals surface area contributed by atoms with Crippen molar-refractivity contribution in [2.45, 2.75) is 52.3 Å².